The maximum atomic E-state index is 14.0. The Bertz CT molecular complexity index is 881. The lowest BCUT2D eigenvalue weighted by molar-refractivity contribution is 0.227. The van der Waals surface area contributed by atoms with Crippen LogP contribution < -0.4 is 4.74 Å². The predicted molar refractivity (Wildman–Crippen MR) is 91.9 cm³/mol. The average molecular weight is 341 g/mol. The van der Waals surface area contributed by atoms with Crippen LogP contribution in [0.1, 0.15) is 19.3 Å². The van der Waals surface area contributed by atoms with Crippen molar-refractivity contribution in [1.82, 2.24) is 24.5 Å². The number of aromatic nitrogens is 4. The van der Waals surface area contributed by atoms with Crippen molar-refractivity contribution in [3.8, 4) is 17.1 Å². The molecular formula is C18H20FN5O. The Balaban J connectivity index is 1.53. The normalized spacial score (nSPS) is 18.1. The van der Waals surface area contributed by atoms with Gasteiger partial charge in [-0.05, 0) is 51.1 Å². The first-order valence-corrected chi connectivity index (χ1v) is 8.51. The Labute approximate surface area is 145 Å². The standard InChI is InChI=1S/C18H20FN5O/c1-23-10-3-4-13(23)8-11-25-17-7-6-16-21-12-15(24(16)22-17)14-5-2-9-20-18(14)19/h2,5-7,9,12-13H,3-4,8,10-11H2,1H3. The lowest BCUT2D eigenvalue weighted by atomic mass is 10.1. The van der Waals surface area contributed by atoms with Crippen LogP contribution in [0.3, 0.4) is 0 Å². The van der Waals surface area contributed by atoms with Gasteiger partial charge in [0.05, 0.1) is 24.1 Å². The van der Waals surface area contributed by atoms with Crippen LogP contribution in [0.25, 0.3) is 16.9 Å². The summed E-state index contributed by atoms with van der Waals surface area (Å²) in [5.74, 6) is -0.0293. The van der Waals surface area contributed by atoms with Crippen LogP contribution in [0, 0.1) is 5.95 Å². The minimum absolute atomic E-state index is 0.368. The van der Waals surface area contributed by atoms with E-state index >= 15 is 0 Å². The summed E-state index contributed by atoms with van der Waals surface area (Å²) in [6.07, 6.45) is 6.47. The van der Waals surface area contributed by atoms with Crippen molar-refractivity contribution in [2.75, 3.05) is 20.2 Å². The van der Waals surface area contributed by atoms with Crippen molar-refractivity contribution >= 4 is 5.65 Å². The van der Waals surface area contributed by atoms with E-state index in [1.54, 1.807) is 28.9 Å². The van der Waals surface area contributed by atoms with Gasteiger partial charge in [0.2, 0.25) is 11.8 Å². The van der Waals surface area contributed by atoms with Crippen molar-refractivity contribution in [2.24, 2.45) is 0 Å². The van der Waals surface area contributed by atoms with Crippen molar-refractivity contribution in [3.63, 3.8) is 0 Å². The van der Waals surface area contributed by atoms with E-state index in [-0.39, 0.29) is 0 Å². The summed E-state index contributed by atoms with van der Waals surface area (Å²) < 4.78 is 21.4. The Morgan fingerprint density at radius 3 is 3.00 bits per heavy atom. The quantitative estimate of drug-likeness (QED) is 0.668. The molecule has 130 valence electrons. The highest BCUT2D eigenvalue weighted by atomic mass is 19.1. The number of nitrogens with zero attached hydrogens (tertiary/aromatic N) is 5. The van der Waals surface area contributed by atoms with Gasteiger partial charge in [-0.25, -0.2) is 14.5 Å². The fraction of sp³-hybridized carbons (Fsp3) is 0.389. The maximum Gasteiger partial charge on any atom is 0.231 e. The van der Waals surface area contributed by atoms with Crippen molar-refractivity contribution < 1.29 is 9.13 Å². The van der Waals surface area contributed by atoms with Crippen molar-refractivity contribution in [3.05, 3.63) is 42.6 Å². The smallest absolute Gasteiger partial charge is 0.231 e. The molecule has 0 saturated carbocycles. The largest absolute Gasteiger partial charge is 0.477 e. The summed E-state index contributed by atoms with van der Waals surface area (Å²) in [5, 5.41) is 4.46. The second kappa shape index (κ2) is 6.76. The van der Waals surface area contributed by atoms with Crippen LogP contribution in [0.15, 0.2) is 36.7 Å². The Kier molecular flexibility index (Phi) is 4.31. The van der Waals surface area contributed by atoms with E-state index in [9.17, 15) is 4.39 Å². The van der Waals surface area contributed by atoms with Gasteiger partial charge in [-0.15, -0.1) is 5.10 Å². The molecule has 3 aromatic heterocycles. The predicted octanol–water partition coefficient (Wildman–Crippen LogP) is 2.79. The molecule has 0 radical (unpaired) electrons. The molecule has 0 aromatic carbocycles. The first-order valence-electron chi connectivity index (χ1n) is 8.51. The zero-order valence-corrected chi connectivity index (χ0v) is 14.1. The molecule has 1 fully saturated rings. The fourth-order valence-corrected chi connectivity index (χ4v) is 3.34. The number of imidazole rings is 1. The molecule has 0 spiro atoms. The van der Waals surface area contributed by atoms with Crippen LogP contribution in [0.5, 0.6) is 5.88 Å². The first-order chi connectivity index (χ1) is 12.2. The van der Waals surface area contributed by atoms with Gasteiger partial charge >= 0.3 is 0 Å². The van der Waals surface area contributed by atoms with Crippen molar-refractivity contribution in [2.45, 2.75) is 25.3 Å². The monoisotopic (exact) mass is 341 g/mol. The molecule has 3 aromatic rings. The van der Waals surface area contributed by atoms with Gasteiger partial charge in [0.25, 0.3) is 0 Å². The van der Waals surface area contributed by atoms with Crippen LogP contribution in [-0.2, 0) is 0 Å². The number of likely N-dealkylation sites (tertiary alicyclic amines) is 1. The van der Waals surface area contributed by atoms with E-state index in [2.05, 4.69) is 27.0 Å². The number of fused-ring (bicyclic) bond motifs is 1. The third kappa shape index (κ3) is 3.19. The molecule has 7 heteroatoms. The van der Waals surface area contributed by atoms with Gasteiger partial charge in [0.15, 0.2) is 5.65 Å². The number of ether oxygens (including phenoxy) is 1. The van der Waals surface area contributed by atoms with Gasteiger partial charge in [-0.1, -0.05) is 0 Å². The average Bonchev–Trinajstić information content (AvgIpc) is 3.22. The molecule has 25 heavy (non-hydrogen) atoms. The van der Waals surface area contributed by atoms with Gasteiger partial charge in [-0.3, -0.25) is 0 Å². The molecule has 0 bridgehead atoms. The number of hydrogen-bond donors (Lipinski definition) is 0. The lowest BCUT2D eigenvalue weighted by Gasteiger charge is -2.19. The molecule has 1 unspecified atom stereocenters. The van der Waals surface area contributed by atoms with E-state index in [1.807, 2.05) is 6.07 Å². The number of pyridine rings is 1. The highest BCUT2D eigenvalue weighted by Gasteiger charge is 2.20. The first kappa shape index (κ1) is 16.0. The zero-order valence-electron chi connectivity index (χ0n) is 14.1. The van der Waals surface area contributed by atoms with E-state index in [4.69, 9.17) is 4.74 Å². The number of rotatable bonds is 5. The molecule has 1 saturated heterocycles. The zero-order chi connectivity index (χ0) is 17.2. The van der Waals surface area contributed by atoms with E-state index < -0.39 is 5.95 Å². The minimum Gasteiger partial charge on any atom is -0.477 e. The number of hydrogen-bond acceptors (Lipinski definition) is 5. The fourth-order valence-electron chi connectivity index (χ4n) is 3.34. The molecule has 4 rings (SSSR count). The summed E-state index contributed by atoms with van der Waals surface area (Å²) in [5.41, 5.74) is 1.56. The summed E-state index contributed by atoms with van der Waals surface area (Å²) in [6.45, 7) is 1.77. The molecule has 1 aliphatic rings. The molecule has 0 N–H and O–H groups in total. The third-order valence-corrected chi connectivity index (χ3v) is 4.75. The van der Waals surface area contributed by atoms with Crippen LogP contribution in [0.2, 0.25) is 0 Å². The topological polar surface area (TPSA) is 55.5 Å². The van der Waals surface area contributed by atoms with Crippen molar-refractivity contribution in [1.29, 1.82) is 0 Å². The summed E-state index contributed by atoms with van der Waals surface area (Å²) in [6, 6.07) is 7.55. The molecule has 0 aliphatic carbocycles. The molecule has 4 heterocycles. The van der Waals surface area contributed by atoms with E-state index in [0.29, 0.717) is 35.4 Å². The van der Waals surface area contributed by atoms with Gasteiger partial charge < -0.3 is 9.64 Å². The SMILES string of the molecule is CN1CCCC1CCOc1ccc2ncc(-c3cccnc3F)n2n1. The molecule has 1 aliphatic heterocycles. The summed E-state index contributed by atoms with van der Waals surface area (Å²) >= 11 is 0. The van der Waals surface area contributed by atoms with Gasteiger partial charge in [0, 0.05) is 18.3 Å². The summed E-state index contributed by atoms with van der Waals surface area (Å²) in [7, 11) is 2.15. The molecular weight excluding hydrogens is 321 g/mol. The van der Waals surface area contributed by atoms with Crippen LogP contribution >= 0.6 is 0 Å². The van der Waals surface area contributed by atoms with E-state index in [0.717, 1.165) is 13.0 Å². The highest BCUT2D eigenvalue weighted by Crippen LogP contribution is 2.23. The third-order valence-electron chi connectivity index (χ3n) is 4.75. The van der Waals surface area contributed by atoms with Crippen LogP contribution in [0.4, 0.5) is 4.39 Å². The number of halogens is 1. The second-order valence-corrected chi connectivity index (χ2v) is 6.34. The molecule has 6 nitrogen and oxygen atoms in total. The Hall–Kier alpha value is -2.54. The maximum absolute atomic E-state index is 14.0. The second-order valence-electron chi connectivity index (χ2n) is 6.34. The lowest BCUT2D eigenvalue weighted by Crippen LogP contribution is -2.26. The van der Waals surface area contributed by atoms with Gasteiger partial charge in [0.1, 0.15) is 0 Å². The minimum atomic E-state index is -0.540. The van der Waals surface area contributed by atoms with E-state index in [1.165, 1.54) is 19.0 Å². The molecule has 0 amide bonds. The van der Waals surface area contributed by atoms with Crippen LogP contribution in [-0.4, -0.2) is 50.7 Å². The Morgan fingerprint density at radius 1 is 1.28 bits per heavy atom. The Morgan fingerprint density at radius 2 is 2.20 bits per heavy atom. The molecule has 1 atom stereocenters. The van der Waals surface area contributed by atoms with Gasteiger partial charge in [-0.2, -0.15) is 4.39 Å². The highest BCUT2D eigenvalue weighted by molar-refractivity contribution is 5.62. The summed E-state index contributed by atoms with van der Waals surface area (Å²) in [4.78, 5) is 10.3.